The van der Waals surface area contributed by atoms with Gasteiger partial charge in [-0.1, -0.05) is 37.6 Å². The molecule has 0 bridgehead atoms. The highest BCUT2D eigenvalue weighted by Crippen LogP contribution is 2.20. The van der Waals surface area contributed by atoms with Crippen molar-refractivity contribution in [3.05, 3.63) is 15.6 Å². The van der Waals surface area contributed by atoms with Crippen molar-refractivity contribution in [3.63, 3.8) is 0 Å². The molecule has 0 saturated carbocycles. The van der Waals surface area contributed by atoms with Crippen molar-refractivity contribution in [3.8, 4) is 0 Å². The van der Waals surface area contributed by atoms with Crippen molar-refractivity contribution in [2.75, 3.05) is 95.7 Å². The SMILES string of the molecule is C.CC[C@@H](O)CN1CCN[C@H](CO)C1.COC[C@@H](O)CN1CCN(c2nnc(Cl)c(N)n2)[C@H](CO)C1.Nc1nc(Cl)nnc1Cl. The number of methoxy groups -OCH3 is 1. The number of nitrogens with zero attached hydrogens (tertiary/aromatic N) is 9. The highest BCUT2D eigenvalue weighted by molar-refractivity contribution is 6.32. The first-order valence-corrected chi connectivity index (χ1v) is 15.1. The number of nitrogens with two attached hydrogens (primary N) is 2. The Kier molecular flexibility index (Phi) is 19.8. The number of β-amino-alcohol motifs (C(OH)–C–C–N with tert-alkyl or cyclic N) is 2. The zero-order chi connectivity index (χ0) is 32.6. The number of piperazine rings is 2. The quantitative estimate of drug-likeness (QED) is 0.157. The summed E-state index contributed by atoms with van der Waals surface area (Å²) in [5.41, 5.74) is 10.8. The summed E-state index contributed by atoms with van der Waals surface area (Å²) in [4.78, 5) is 13.7. The largest absolute Gasteiger partial charge is 0.395 e. The van der Waals surface area contributed by atoms with E-state index in [0.29, 0.717) is 32.1 Å². The smallest absolute Gasteiger partial charge is 0.247 e. The van der Waals surface area contributed by atoms with Gasteiger partial charge in [0.25, 0.3) is 0 Å². The molecule has 20 heteroatoms. The highest BCUT2D eigenvalue weighted by Gasteiger charge is 2.30. The second-order valence-electron chi connectivity index (χ2n) is 10.1. The number of ether oxygens (including phenoxy) is 1. The summed E-state index contributed by atoms with van der Waals surface area (Å²) >= 11 is 16.4. The van der Waals surface area contributed by atoms with Gasteiger partial charge in [-0.05, 0) is 18.0 Å². The molecule has 4 atom stereocenters. The minimum Gasteiger partial charge on any atom is -0.395 e. The number of aromatic nitrogens is 6. The van der Waals surface area contributed by atoms with E-state index in [4.69, 9.17) is 56.1 Å². The Bertz CT molecular complexity index is 1120. The Hall–Kier alpha value is -2.03. The molecule has 0 unspecified atom stereocenters. The second kappa shape index (κ2) is 21.7. The van der Waals surface area contributed by atoms with Gasteiger partial charge in [0.15, 0.2) is 21.9 Å². The molecule has 4 heterocycles. The predicted octanol–water partition coefficient (Wildman–Crippen LogP) is -0.982. The molecular weight excluding hydrogens is 655 g/mol. The minimum atomic E-state index is -0.556. The van der Waals surface area contributed by atoms with E-state index >= 15 is 0 Å². The first-order valence-electron chi connectivity index (χ1n) is 14.0. The third-order valence-electron chi connectivity index (χ3n) is 6.67. The van der Waals surface area contributed by atoms with E-state index in [1.54, 1.807) is 7.11 Å². The van der Waals surface area contributed by atoms with E-state index in [0.717, 1.165) is 32.6 Å². The summed E-state index contributed by atoms with van der Waals surface area (Å²) in [7, 11) is 1.55. The highest BCUT2D eigenvalue weighted by atomic mass is 35.5. The number of aliphatic hydroxyl groups is 4. The Balaban J connectivity index is 0.000000373. The summed E-state index contributed by atoms with van der Waals surface area (Å²) in [5.74, 6) is 0.552. The third kappa shape index (κ3) is 14.5. The molecular formula is C25H47Cl3N12O5. The van der Waals surface area contributed by atoms with Crippen LogP contribution in [0.2, 0.25) is 15.6 Å². The standard InChI is InChI=1S/C12H21ClN6O3.C9H20N2O2.C3H2Cl2N4.CH4/c1-22-7-9(21)5-18-2-3-19(8(4-18)6-20)12-15-11(14)10(13)16-17-12;1-2-9(13)6-11-4-3-10-8(5-11)7-12;4-1-2(6)7-3(5)9-8-1;/h8-9,20-21H,2-7H2,1H3,(H2,14,15,17);8-10,12-13H,2-7H2,1H3;(H2,6,7,9);1H4/t8-,9-;8-,9+;;/m00../s1. The van der Waals surface area contributed by atoms with Crippen molar-refractivity contribution >= 4 is 52.4 Å². The van der Waals surface area contributed by atoms with Crippen molar-refractivity contribution in [1.29, 1.82) is 0 Å². The van der Waals surface area contributed by atoms with Crippen LogP contribution in [0.1, 0.15) is 20.8 Å². The fourth-order valence-electron chi connectivity index (χ4n) is 4.40. The first-order chi connectivity index (χ1) is 21.0. The van der Waals surface area contributed by atoms with E-state index in [1.807, 2.05) is 11.8 Å². The monoisotopic (exact) mass is 700 g/mol. The van der Waals surface area contributed by atoms with Crippen molar-refractivity contribution in [2.24, 2.45) is 0 Å². The fourth-order valence-corrected chi connectivity index (χ4v) is 4.69. The van der Waals surface area contributed by atoms with Crippen molar-refractivity contribution in [1.82, 2.24) is 45.5 Å². The molecule has 258 valence electrons. The van der Waals surface area contributed by atoms with Gasteiger partial charge in [0, 0.05) is 65.5 Å². The zero-order valence-corrected chi connectivity index (χ0v) is 27.1. The molecule has 2 aromatic heterocycles. The first kappa shape index (κ1) is 41.0. The average Bonchev–Trinajstić information content (AvgIpc) is 3.01. The van der Waals surface area contributed by atoms with Crippen molar-refractivity contribution < 1.29 is 25.2 Å². The van der Waals surface area contributed by atoms with E-state index in [2.05, 4.69) is 45.5 Å². The maximum atomic E-state index is 9.80. The maximum Gasteiger partial charge on any atom is 0.247 e. The van der Waals surface area contributed by atoms with Crippen LogP contribution in [0.25, 0.3) is 0 Å². The van der Waals surface area contributed by atoms with Gasteiger partial charge in [0.1, 0.15) is 0 Å². The Morgan fingerprint density at radius 1 is 0.889 bits per heavy atom. The Morgan fingerprint density at radius 3 is 2.07 bits per heavy atom. The molecule has 0 aliphatic carbocycles. The molecule has 2 aromatic rings. The molecule has 0 radical (unpaired) electrons. The number of nitrogen functional groups attached to an aromatic ring is 2. The lowest BCUT2D eigenvalue weighted by Crippen LogP contribution is -2.56. The van der Waals surface area contributed by atoms with Gasteiger partial charge in [0.05, 0.1) is 38.1 Å². The average molecular weight is 702 g/mol. The molecule has 4 rings (SSSR count). The predicted molar refractivity (Wildman–Crippen MR) is 174 cm³/mol. The molecule has 2 aliphatic heterocycles. The number of nitrogens with one attached hydrogen (secondary N) is 1. The van der Waals surface area contributed by atoms with Crippen LogP contribution in [0, 0.1) is 0 Å². The molecule has 2 fully saturated rings. The van der Waals surface area contributed by atoms with Crippen LogP contribution < -0.4 is 21.7 Å². The number of anilines is 3. The van der Waals surface area contributed by atoms with Crippen LogP contribution in [0.4, 0.5) is 17.6 Å². The third-order valence-corrected chi connectivity index (χ3v) is 7.36. The van der Waals surface area contributed by atoms with Gasteiger partial charge < -0.3 is 46.8 Å². The molecule has 0 amide bonds. The molecule has 0 aromatic carbocycles. The fraction of sp³-hybridized carbons (Fsp3) is 0.760. The van der Waals surface area contributed by atoms with Crippen LogP contribution in [0.15, 0.2) is 0 Å². The van der Waals surface area contributed by atoms with Gasteiger partial charge >= 0.3 is 0 Å². The number of halogens is 3. The van der Waals surface area contributed by atoms with Crippen LogP contribution >= 0.6 is 34.8 Å². The second-order valence-corrected chi connectivity index (χ2v) is 11.2. The van der Waals surface area contributed by atoms with Gasteiger partial charge in [-0.2, -0.15) is 9.97 Å². The van der Waals surface area contributed by atoms with E-state index in [1.165, 1.54) is 0 Å². The van der Waals surface area contributed by atoms with Crippen molar-refractivity contribution in [2.45, 2.75) is 45.1 Å². The normalized spacial score (nSPS) is 20.2. The van der Waals surface area contributed by atoms with Gasteiger partial charge in [-0.3, -0.25) is 9.80 Å². The molecule has 2 aliphatic rings. The summed E-state index contributed by atoms with van der Waals surface area (Å²) in [6.07, 6.45) is 0.0192. The summed E-state index contributed by atoms with van der Waals surface area (Å²) in [6, 6.07) is -0.0244. The van der Waals surface area contributed by atoms with Gasteiger partial charge in [-0.25, -0.2) is 0 Å². The number of rotatable bonds is 10. The van der Waals surface area contributed by atoms with Crippen LogP contribution in [0.5, 0.6) is 0 Å². The van der Waals surface area contributed by atoms with Crippen LogP contribution in [-0.2, 0) is 4.74 Å². The lowest BCUT2D eigenvalue weighted by atomic mass is 10.1. The molecule has 9 N–H and O–H groups in total. The lowest BCUT2D eigenvalue weighted by Gasteiger charge is -2.41. The lowest BCUT2D eigenvalue weighted by molar-refractivity contribution is 0.0307. The molecule has 2 saturated heterocycles. The summed E-state index contributed by atoms with van der Waals surface area (Å²) in [5, 5.41) is 55.5. The summed E-state index contributed by atoms with van der Waals surface area (Å²) in [6.45, 7) is 8.17. The maximum absolute atomic E-state index is 9.80. The van der Waals surface area contributed by atoms with Gasteiger partial charge in [0.2, 0.25) is 11.2 Å². The molecule has 17 nitrogen and oxygen atoms in total. The minimum absolute atomic E-state index is 0. The molecule has 45 heavy (non-hydrogen) atoms. The number of hydrogen-bond acceptors (Lipinski definition) is 17. The zero-order valence-electron chi connectivity index (χ0n) is 24.8. The van der Waals surface area contributed by atoms with Crippen LogP contribution in [0.3, 0.4) is 0 Å². The Morgan fingerprint density at radius 2 is 1.51 bits per heavy atom. The van der Waals surface area contributed by atoms with E-state index < -0.39 is 6.10 Å². The van der Waals surface area contributed by atoms with E-state index in [9.17, 15) is 15.3 Å². The topological polar surface area (TPSA) is 241 Å². The van der Waals surface area contributed by atoms with E-state index in [-0.39, 0.29) is 72.7 Å². The number of hydrogen-bond donors (Lipinski definition) is 7. The van der Waals surface area contributed by atoms with Crippen LogP contribution in [-0.4, -0.2) is 164 Å². The molecule has 0 spiro atoms. The Labute approximate surface area is 278 Å². The summed E-state index contributed by atoms with van der Waals surface area (Å²) < 4.78 is 4.92. The van der Waals surface area contributed by atoms with Gasteiger partial charge in [-0.15, -0.1) is 20.4 Å². The number of aliphatic hydroxyl groups excluding tert-OH is 4.